The van der Waals surface area contributed by atoms with Crippen molar-refractivity contribution in [1.29, 1.82) is 0 Å². The van der Waals surface area contributed by atoms with Gasteiger partial charge in [-0.3, -0.25) is 0 Å². The van der Waals surface area contributed by atoms with E-state index in [1.165, 1.54) is 20.3 Å². The van der Waals surface area contributed by atoms with Gasteiger partial charge in [0, 0.05) is 12.3 Å². The van der Waals surface area contributed by atoms with Gasteiger partial charge in [-0.05, 0) is 0 Å². The fourth-order valence-electron chi connectivity index (χ4n) is 1.15. The Labute approximate surface area is 106 Å². The van der Waals surface area contributed by atoms with E-state index in [0.717, 1.165) is 0 Å². The van der Waals surface area contributed by atoms with Crippen molar-refractivity contribution < 1.29 is 17.9 Å². The van der Waals surface area contributed by atoms with Crippen LogP contribution in [0.5, 0.6) is 11.8 Å². The molecule has 102 valence electrons. The third kappa shape index (κ3) is 4.36. The van der Waals surface area contributed by atoms with E-state index in [4.69, 9.17) is 9.47 Å². The monoisotopic (exact) mass is 275 g/mol. The van der Waals surface area contributed by atoms with Gasteiger partial charge in [0.05, 0.1) is 26.0 Å². The summed E-state index contributed by atoms with van der Waals surface area (Å²) < 4.78 is 32.6. The van der Waals surface area contributed by atoms with E-state index >= 15 is 0 Å². The lowest BCUT2D eigenvalue weighted by Gasteiger charge is -2.08. The van der Waals surface area contributed by atoms with Crippen LogP contribution in [0, 0.1) is 0 Å². The summed E-state index contributed by atoms with van der Waals surface area (Å²) in [5.74, 6) is 1.13. The second-order valence-corrected chi connectivity index (χ2v) is 5.91. The molecule has 1 rings (SSSR count). The minimum absolute atomic E-state index is 0.0341. The molecule has 7 nitrogen and oxygen atoms in total. The molecule has 0 spiro atoms. The lowest BCUT2D eigenvalue weighted by molar-refractivity contribution is 0.373. The molecule has 0 aliphatic heterocycles. The van der Waals surface area contributed by atoms with E-state index in [0.29, 0.717) is 11.8 Å². The predicted molar refractivity (Wildman–Crippen MR) is 68.0 cm³/mol. The van der Waals surface area contributed by atoms with Crippen LogP contribution in [0.3, 0.4) is 0 Å². The predicted octanol–water partition coefficient (Wildman–Crippen LogP) is 0.340. The molecule has 0 atom stereocenters. The molecule has 0 aromatic carbocycles. The van der Waals surface area contributed by atoms with Crippen LogP contribution in [-0.2, 0) is 9.84 Å². The van der Waals surface area contributed by atoms with Gasteiger partial charge in [-0.15, -0.1) is 0 Å². The number of nitrogens with one attached hydrogen (secondary N) is 1. The van der Waals surface area contributed by atoms with E-state index in [1.807, 2.05) is 0 Å². The molecule has 18 heavy (non-hydrogen) atoms. The average Bonchev–Trinajstić information content (AvgIpc) is 2.38. The zero-order valence-corrected chi connectivity index (χ0v) is 11.5. The lowest BCUT2D eigenvalue weighted by Crippen LogP contribution is -2.18. The van der Waals surface area contributed by atoms with Gasteiger partial charge in [0.1, 0.15) is 0 Å². The first-order valence-electron chi connectivity index (χ1n) is 5.42. The van der Waals surface area contributed by atoms with Gasteiger partial charge in [-0.2, -0.15) is 9.97 Å². The van der Waals surface area contributed by atoms with E-state index in [-0.39, 0.29) is 24.0 Å². The number of hydrogen-bond acceptors (Lipinski definition) is 7. The molecule has 0 aliphatic rings. The average molecular weight is 275 g/mol. The van der Waals surface area contributed by atoms with Crippen LogP contribution in [0.25, 0.3) is 0 Å². The number of sulfone groups is 1. The minimum atomic E-state index is -3.00. The van der Waals surface area contributed by atoms with E-state index in [9.17, 15) is 8.42 Å². The van der Waals surface area contributed by atoms with Crippen molar-refractivity contribution in [3.63, 3.8) is 0 Å². The molecule has 0 saturated heterocycles. The van der Waals surface area contributed by atoms with Crippen molar-refractivity contribution in [3.8, 4) is 11.8 Å². The maximum atomic E-state index is 11.3. The second-order valence-electron chi connectivity index (χ2n) is 3.44. The molecular formula is C10H17N3O4S. The van der Waals surface area contributed by atoms with E-state index in [2.05, 4.69) is 15.3 Å². The highest BCUT2D eigenvalue weighted by molar-refractivity contribution is 7.91. The molecule has 1 aromatic rings. The SMILES string of the molecule is CCS(=O)(=O)CCNc1nc(OC)cc(OC)n1. The number of ether oxygens (including phenoxy) is 2. The summed E-state index contributed by atoms with van der Waals surface area (Å²) in [5, 5.41) is 2.82. The molecule has 0 saturated carbocycles. The maximum Gasteiger partial charge on any atom is 0.229 e. The Hall–Kier alpha value is -1.57. The number of rotatable bonds is 7. The molecule has 0 radical (unpaired) electrons. The summed E-state index contributed by atoms with van der Waals surface area (Å²) in [4.78, 5) is 8.05. The topological polar surface area (TPSA) is 90.4 Å². The van der Waals surface area contributed by atoms with Crippen LogP contribution in [-0.4, -0.2) is 50.7 Å². The van der Waals surface area contributed by atoms with Gasteiger partial charge in [-0.25, -0.2) is 8.42 Å². The highest BCUT2D eigenvalue weighted by atomic mass is 32.2. The highest BCUT2D eigenvalue weighted by Gasteiger charge is 2.09. The highest BCUT2D eigenvalue weighted by Crippen LogP contribution is 2.16. The van der Waals surface area contributed by atoms with Gasteiger partial charge < -0.3 is 14.8 Å². The molecule has 1 aromatic heterocycles. The van der Waals surface area contributed by atoms with Crippen LogP contribution < -0.4 is 14.8 Å². The molecule has 8 heteroatoms. The number of methoxy groups -OCH3 is 2. The van der Waals surface area contributed by atoms with Crippen LogP contribution in [0.4, 0.5) is 5.95 Å². The van der Waals surface area contributed by atoms with Crippen LogP contribution in [0.2, 0.25) is 0 Å². The van der Waals surface area contributed by atoms with Crippen LogP contribution >= 0.6 is 0 Å². The van der Waals surface area contributed by atoms with Crippen molar-refractivity contribution >= 4 is 15.8 Å². The first-order valence-corrected chi connectivity index (χ1v) is 7.24. The zero-order chi connectivity index (χ0) is 13.6. The lowest BCUT2D eigenvalue weighted by atomic mass is 10.6. The van der Waals surface area contributed by atoms with Gasteiger partial charge in [0.25, 0.3) is 0 Å². The van der Waals surface area contributed by atoms with Gasteiger partial charge in [0.2, 0.25) is 17.7 Å². The number of hydrogen-bond donors (Lipinski definition) is 1. The molecule has 0 amide bonds. The summed E-state index contributed by atoms with van der Waals surface area (Å²) in [5.41, 5.74) is 0. The summed E-state index contributed by atoms with van der Waals surface area (Å²) in [6.07, 6.45) is 0. The van der Waals surface area contributed by atoms with Crippen molar-refractivity contribution in [2.24, 2.45) is 0 Å². The second kappa shape index (κ2) is 6.39. The number of nitrogens with zero attached hydrogens (tertiary/aromatic N) is 2. The Morgan fingerprint density at radius 3 is 2.22 bits per heavy atom. The van der Waals surface area contributed by atoms with Gasteiger partial charge in [0.15, 0.2) is 9.84 Å². The number of aromatic nitrogens is 2. The molecule has 0 fully saturated rings. The first kappa shape index (κ1) is 14.5. The third-order valence-corrected chi connectivity index (χ3v) is 3.94. The Kier molecular flexibility index (Phi) is 5.14. The number of anilines is 1. The Bertz CT molecular complexity index is 468. The molecule has 0 aliphatic carbocycles. The summed E-state index contributed by atoms with van der Waals surface area (Å²) in [6.45, 7) is 1.85. The summed E-state index contributed by atoms with van der Waals surface area (Å²) >= 11 is 0. The quantitative estimate of drug-likeness (QED) is 0.767. The molecule has 1 N–H and O–H groups in total. The fraction of sp³-hybridized carbons (Fsp3) is 0.600. The standard InChI is InChI=1S/C10H17N3O4S/c1-4-18(14,15)6-5-11-10-12-8(16-2)7-9(13-10)17-3/h7H,4-6H2,1-3H3,(H,11,12,13). The Morgan fingerprint density at radius 2 is 1.78 bits per heavy atom. The minimum Gasteiger partial charge on any atom is -0.481 e. The molecule has 1 heterocycles. The Balaban J connectivity index is 2.67. The van der Waals surface area contributed by atoms with Crippen molar-refractivity contribution in [1.82, 2.24) is 9.97 Å². The Morgan fingerprint density at radius 1 is 1.22 bits per heavy atom. The third-order valence-electron chi connectivity index (χ3n) is 2.23. The summed E-state index contributed by atoms with van der Waals surface area (Å²) in [7, 11) is -0.0430. The molecule has 0 unspecified atom stereocenters. The van der Waals surface area contributed by atoms with Gasteiger partial charge in [-0.1, -0.05) is 6.92 Å². The maximum absolute atomic E-state index is 11.3. The normalized spacial score (nSPS) is 11.1. The van der Waals surface area contributed by atoms with Crippen molar-refractivity contribution in [3.05, 3.63) is 6.07 Å². The largest absolute Gasteiger partial charge is 0.481 e. The van der Waals surface area contributed by atoms with E-state index < -0.39 is 9.84 Å². The van der Waals surface area contributed by atoms with E-state index in [1.54, 1.807) is 6.92 Å². The van der Waals surface area contributed by atoms with Gasteiger partial charge >= 0.3 is 0 Å². The smallest absolute Gasteiger partial charge is 0.229 e. The van der Waals surface area contributed by atoms with Crippen LogP contribution in [0.1, 0.15) is 6.92 Å². The van der Waals surface area contributed by atoms with Crippen molar-refractivity contribution in [2.45, 2.75) is 6.92 Å². The summed E-state index contributed by atoms with van der Waals surface area (Å²) in [6, 6.07) is 1.54. The van der Waals surface area contributed by atoms with Crippen molar-refractivity contribution in [2.75, 3.05) is 37.6 Å². The zero-order valence-electron chi connectivity index (χ0n) is 10.6. The van der Waals surface area contributed by atoms with Crippen LogP contribution in [0.15, 0.2) is 6.07 Å². The first-order chi connectivity index (χ1) is 8.50. The molecule has 0 bridgehead atoms. The molecular weight excluding hydrogens is 258 g/mol. The fourth-order valence-corrected chi connectivity index (χ4v) is 1.86.